The molecule has 202 valence electrons. The maximum absolute atomic E-state index is 13.6. The zero-order valence-electron chi connectivity index (χ0n) is 21.0. The summed E-state index contributed by atoms with van der Waals surface area (Å²) in [7, 11) is 0. The van der Waals surface area contributed by atoms with Crippen LogP contribution in [0.1, 0.15) is 35.5 Å². The van der Waals surface area contributed by atoms with Gasteiger partial charge in [0.25, 0.3) is 0 Å². The number of urea groups is 1. The van der Waals surface area contributed by atoms with Crippen LogP contribution in [0.2, 0.25) is 0 Å². The molecule has 1 saturated heterocycles. The van der Waals surface area contributed by atoms with Crippen LogP contribution in [0, 0.1) is 6.92 Å². The van der Waals surface area contributed by atoms with Gasteiger partial charge in [0, 0.05) is 19.7 Å². The highest BCUT2D eigenvalue weighted by Crippen LogP contribution is 2.34. The predicted molar refractivity (Wildman–Crippen MR) is 135 cm³/mol. The van der Waals surface area contributed by atoms with Crippen LogP contribution in [0.3, 0.4) is 0 Å². The van der Waals surface area contributed by atoms with E-state index in [1.54, 1.807) is 24.0 Å². The zero-order valence-corrected chi connectivity index (χ0v) is 21.0. The third-order valence-corrected chi connectivity index (χ3v) is 6.25. The predicted octanol–water partition coefficient (Wildman–Crippen LogP) is 5.85. The molecule has 1 aliphatic rings. The van der Waals surface area contributed by atoms with Crippen LogP contribution < -0.4 is 5.32 Å². The van der Waals surface area contributed by atoms with Gasteiger partial charge in [-0.05, 0) is 49.6 Å². The Hall–Kier alpha value is -3.79. The molecule has 0 bridgehead atoms. The summed E-state index contributed by atoms with van der Waals surface area (Å²) in [6.07, 6.45) is -3.45. The van der Waals surface area contributed by atoms with E-state index in [1.807, 2.05) is 30.3 Å². The summed E-state index contributed by atoms with van der Waals surface area (Å²) in [6, 6.07) is 16.9. The van der Waals surface area contributed by atoms with Gasteiger partial charge >= 0.3 is 12.2 Å². The first kappa shape index (κ1) is 27.3. The number of alkyl halides is 3. The molecular formula is C28H30F3N3O4. The average Bonchev–Trinajstić information content (AvgIpc) is 3.55. The Morgan fingerprint density at radius 3 is 2.37 bits per heavy atom. The molecule has 1 unspecified atom stereocenters. The minimum atomic E-state index is -4.65. The first-order valence-corrected chi connectivity index (χ1v) is 12.4. The Balaban J connectivity index is 1.55. The molecule has 1 N–H and O–H groups in total. The van der Waals surface area contributed by atoms with Gasteiger partial charge in [0.2, 0.25) is 5.91 Å². The first-order valence-electron chi connectivity index (χ1n) is 12.4. The SMILES string of the molecule is Cc1ccc(CN(Cc2ccccc2)C(=O)CN(CC2CCCO2)C(=O)Nc2ccccc2C(F)(F)F)o1. The van der Waals surface area contributed by atoms with Crippen LogP contribution in [0.25, 0.3) is 0 Å². The molecule has 10 heteroatoms. The molecule has 3 amide bonds. The van der Waals surface area contributed by atoms with Crippen molar-refractivity contribution in [1.29, 1.82) is 0 Å². The van der Waals surface area contributed by atoms with E-state index in [4.69, 9.17) is 9.15 Å². The van der Waals surface area contributed by atoms with Crippen molar-refractivity contribution < 1.29 is 31.9 Å². The number of nitrogens with zero attached hydrogens (tertiary/aromatic N) is 2. The van der Waals surface area contributed by atoms with Crippen LogP contribution in [-0.4, -0.2) is 47.5 Å². The Kier molecular flexibility index (Phi) is 8.73. The van der Waals surface area contributed by atoms with E-state index in [2.05, 4.69) is 5.32 Å². The number of benzene rings is 2. The topological polar surface area (TPSA) is 75.0 Å². The molecule has 38 heavy (non-hydrogen) atoms. The number of hydrogen-bond acceptors (Lipinski definition) is 4. The number of rotatable bonds is 9. The quantitative estimate of drug-likeness (QED) is 0.378. The molecule has 0 radical (unpaired) electrons. The van der Waals surface area contributed by atoms with Gasteiger partial charge in [0.05, 0.1) is 23.9 Å². The lowest BCUT2D eigenvalue weighted by Gasteiger charge is -2.29. The molecule has 0 spiro atoms. The summed E-state index contributed by atoms with van der Waals surface area (Å²) < 4.78 is 51.8. The fourth-order valence-corrected chi connectivity index (χ4v) is 4.34. The Bertz CT molecular complexity index is 1220. The zero-order chi connectivity index (χ0) is 27.1. The van der Waals surface area contributed by atoms with E-state index in [0.29, 0.717) is 24.5 Å². The third kappa shape index (κ3) is 7.38. The molecule has 1 aromatic heterocycles. The molecular weight excluding hydrogens is 499 g/mol. The van der Waals surface area contributed by atoms with Gasteiger partial charge in [-0.2, -0.15) is 13.2 Å². The monoisotopic (exact) mass is 529 g/mol. The standard InChI is InChI=1S/C28H30F3N3O4/c1-20-13-14-23(38-20)18-33(16-21-8-3-2-4-9-21)26(35)19-34(17-22-10-7-15-37-22)27(36)32-25-12-6-5-11-24(25)28(29,30)31/h2-6,8-9,11-14,22H,7,10,15-19H2,1H3,(H,32,36). The molecule has 2 heterocycles. The van der Waals surface area contributed by atoms with E-state index in [1.165, 1.54) is 23.1 Å². The van der Waals surface area contributed by atoms with Gasteiger partial charge in [-0.1, -0.05) is 42.5 Å². The van der Waals surface area contributed by atoms with Crippen molar-refractivity contribution >= 4 is 17.6 Å². The highest BCUT2D eigenvalue weighted by molar-refractivity contribution is 5.93. The Morgan fingerprint density at radius 2 is 1.71 bits per heavy atom. The lowest BCUT2D eigenvalue weighted by Crippen LogP contribution is -2.47. The van der Waals surface area contributed by atoms with Crippen molar-refractivity contribution in [3.05, 3.63) is 89.4 Å². The first-order chi connectivity index (χ1) is 18.2. The fourth-order valence-electron chi connectivity index (χ4n) is 4.34. The van der Waals surface area contributed by atoms with E-state index in [-0.39, 0.29) is 43.9 Å². The number of carbonyl (C=O) groups excluding carboxylic acids is 2. The number of halogens is 3. The number of amides is 3. The van der Waals surface area contributed by atoms with Crippen molar-refractivity contribution in [3.8, 4) is 0 Å². The summed E-state index contributed by atoms with van der Waals surface area (Å²) in [6.45, 7) is 2.51. The van der Waals surface area contributed by atoms with Gasteiger partial charge in [-0.25, -0.2) is 4.79 Å². The number of para-hydroxylation sites is 1. The fraction of sp³-hybridized carbons (Fsp3) is 0.357. The van der Waals surface area contributed by atoms with Gasteiger partial charge in [-0.3, -0.25) is 4.79 Å². The molecule has 0 saturated carbocycles. The van der Waals surface area contributed by atoms with Crippen LogP contribution >= 0.6 is 0 Å². The second-order valence-electron chi connectivity index (χ2n) is 9.24. The molecule has 4 rings (SSSR count). The highest BCUT2D eigenvalue weighted by Gasteiger charge is 2.34. The smallest absolute Gasteiger partial charge is 0.418 e. The van der Waals surface area contributed by atoms with Crippen LogP contribution in [-0.2, 0) is 28.8 Å². The third-order valence-electron chi connectivity index (χ3n) is 6.25. The van der Waals surface area contributed by atoms with Crippen molar-refractivity contribution in [2.75, 3.05) is 25.0 Å². The number of anilines is 1. The van der Waals surface area contributed by atoms with Crippen molar-refractivity contribution in [2.24, 2.45) is 0 Å². The van der Waals surface area contributed by atoms with Gasteiger partial charge in [-0.15, -0.1) is 0 Å². The summed E-state index contributed by atoms with van der Waals surface area (Å²) in [5.41, 5.74) is -0.448. The van der Waals surface area contributed by atoms with Gasteiger partial charge < -0.3 is 24.3 Å². The largest absolute Gasteiger partial charge is 0.464 e. The number of aryl methyl sites for hydroxylation is 1. The summed E-state index contributed by atoms with van der Waals surface area (Å²) in [5.74, 6) is 0.913. The van der Waals surface area contributed by atoms with Crippen LogP contribution in [0.4, 0.5) is 23.7 Å². The van der Waals surface area contributed by atoms with E-state index in [0.717, 1.165) is 18.1 Å². The van der Waals surface area contributed by atoms with E-state index < -0.39 is 17.8 Å². The van der Waals surface area contributed by atoms with Crippen molar-refractivity contribution in [3.63, 3.8) is 0 Å². The lowest BCUT2D eigenvalue weighted by molar-refractivity contribution is -0.137. The van der Waals surface area contributed by atoms with E-state index in [9.17, 15) is 22.8 Å². The molecule has 0 aliphatic carbocycles. The van der Waals surface area contributed by atoms with Crippen molar-refractivity contribution in [2.45, 2.75) is 45.1 Å². The normalized spacial score (nSPS) is 15.3. The molecule has 1 atom stereocenters. The number of furan rings is 1. The Morgan fingerprint density at radius 1 is 0.974 bits per heavy atom. The minimum Gasteiger partial charge on any atom is -0.464 e. The second kappa shape index (κ2) is 12.2. The molecule has 1 fully saturated rings. The Labute approximate surface area is 219 Å². The van der Waals surface area contributed by atoms with Gasteiger partial charge in [0.1, 0.15) is 18.1 Å². The summed E-state index contributed by atoms with van der Waals surface area (Å²) >= 11 is 0. The van der Waals surface area contributed by atoms with E-state index >= 15 is 0 Å². The van der Waals surface area contributed by atoms with Crippen LogP contribution in [0.5, 0.6) is 0 Å². The maximum Gasteiger partial charge on any atom is 0.418 e. The number of carbonyl (C=O) groups is 2. The molecule has 1 aliphatic heterocycles. The summed E-state index contributed by atoms with van der Waals surface area (Å²) in [5, 5.41) is 2.36. The molecule has 7 nitrogen and oxygen atoms in total. The maximum atomic E-state index is 13.6. The highest BCUT2D eigenvalue weighted by atomic mass is 19.4. The number of hydrogen-bond donors (Lipinski definition) is 1. The minimum absolute atomic E-state index is 0.0742. The number of ether oxygens (including phenoxy) is 1. The van der Waals surface area contributed by atoms with Gasteiger partial charge in [0.15, 0.2) is 0 Å². The number of nitrogens with one attached hydrogen (secondary N) is 1. The molecule has 2 aromatic carbocycles. The average molecular weight is 530 g/mol. The van der Waals surface area contributed by atoms with Crippen molar-refractivity contribution in [1.82, 2.24) is 9.80 Å². The second-order valence-corrected chi connectivity index (χ2v) is 9.24. The summed E-state index contributed by atoms with van der Waals surface area (Å²) in [4.78, 5) is 29.6. The van der Waals surface area contributed by atoms with Crippen LogP contribution in [0.15, 0.2) is 71.1 Å². The lowest BCUT2D eigenvalue weighted by atomic mass is 10.1. The molecule has 3 aromatic rings.